The highest BCUT2D eigenvalue weighted by Gasteiger charge is 2.20. The van der Waals surface area contributed by atoms with Gasteiger partial charge in [0.15, 0.2) is 5.13 Å². The SMILES string of the molecule is FC1CCN(c2cc(-c3cc(Oc4ccc5nc(NC6CCCCC6)sc5c4)ccn3)ccn2)CC1. The molecule has 0 spiro atoms. The van der Waals surface area contributed by atoms with Crippen molar-refractivity contribution in [1.29, 1.82) is 0 Å². The zero-order chi connectivity index (χ0) is 24.3. The van der Waals surface area contributed by atoms with Crippen molar-refractivity contribution < 1.29 is 9.13 Å². The molecule has 0 atom stereocenters. The number of benzene rings is 1. The zero-order valence-corrected chi connectivity index (χ0v) is 21.0. The largest absolute Gasteiger partial charge is 0.457 e. The van der Waals surface area contributed by atoms with Crippen LogP contribution >= 0.6 is 11.3 Å². The maximum Gasteiger partial charge on any atom is 0.184 e. The molecule has 4 aromatic rings. The Balaban J connectivity index is 1.17. The van der Waals surface area contributed by atoms with Crippen molar-refractivity contribution in [2.45, 2.75) is 57.2 Å². The summed E-state index contributed by atoms with van der Waals surface area (Å²) in [5.74, 6) is 2.36. The standard InChI is InChI=1S/C28H30FN5OS/c29-20-10-14-34(15-11-20)27-16-19(8-12-31-27)25-17-23(9-13-30-25)35-22-6-7-24-26(18-22)36-28(33-24)32-21-4-2-1-3-5-21/h6-9,12-13,16-18,20-21H,1-5,10-11,14-15H2,(H,32,33). The van der Waals surface area contributed by atoms with Crippen LogP contribution in [0.5, 0.6) is 11.5 Å². The molecule has 6 nitrogen and oxygen atoms in total. The molecule has 36 heavy (non-hydrogen) atoms. The minimum Gasteiger partial charge on any atom is -0.457 e. The number of hydrogen-bond acceptors (Lipinski definition) is 7. The van der Waals surface area contributed by atoms with Crippen LogP contribution in [0, 0.1) is 0 Å². The number of fused-ring (bicyclic) bond motifs is 1. The highest BCUT2D eigenvalue weighted by molar-refractivity contribution is 7.22. The van der Waals surface area contributed by atoms with E-state index < -0.39 is 6.17 Å². The first-order chi connectivity index (χ1) is 17.7. The molecule has 1 N–H and O–H groups in total. The molecule has 1 aliphatic heterocycles. The lowest BCUT2D eigenvalue weighted by atomic mass is 9.96. The maximum atomic E-state index is 13.5. The van der Waals surface area contributed by atoms with E-state index in [4.69, 9.17) is 9.72 Å². The summed E-state index contributed by atoms with van der Waals surface area (Å²) in [5, 5.41) is 4.62. The summed E-state index contributed by atoms with van der Waals surface area (Å²) in [4.78, 5) is 16.0. The number of ether oxygens (including phenoxy) is 1. The lowest BCUT2D eigenvalue weighted by Crippen LogP contribution is -2.34. The number of nitrogens with zero attached hydrogens (tertiary/aromatic N) is 4. The maximum absolute atomic E-state index is 13.5. The van der Waals surface area contributed by atoms with Gasteiger partial charge in [-0.3, -0.25) is 4.98 Å². The van der Waals surface area contributed by atoms with Gasteiger partial charge in [-0.25, -0.2) is 14.4 Å². The number of nitrogens with one attached hydrogen (secondary N) is 1. The van der Waals surface area contributed by atoms with Gasteiger partial charge in [0.05, 0.1) is 15.9 Å². The number of aromatic nitrogens is 3. The summed E-state index contributed by atoms with van der Waals surface area (Å²) in [7, 11) is 0. The topological polar surface area (TPSA) is 63.2 Å². The monoisotopic (exact) mass is 503 g/mol. The van der Waals surface area contributed by atoms with Crippen molar-refractivity contribution in [2.75, 3.05) is 23.3 Å². The third-order valence-electron chi connectivity index (χ3n) is 7.05. The summed E-state index contributed by atoms with van der Waals surface area (Å²) in [6, 6.07) is 14.4. The van der Waals surface area contributed by atoms with Gasteiger partial charge in [0.25, 0.3) is 0 Å². The van der Waals surface area contributed by atoms with Crippen LogP contribution in [-0.4, -0.2) is 40.3 Å². The lowest BCUT2D eigenvalue weighted by molar-refractivity contribution is 0.277. The van der Waals surface area contributed by atoms with Crippen LogP contribution in [0.2, 0.25) is 0 Å². The molecule has 6 rings (SSSR count). The lowest BCUT2D eigenvalue weighted by Gasteiger charge is -2.29. The molecule has 186 valence electrons. The summed E-state index contributed by atoms with van der Waals surface area (Å²) >= 11 is 1.68. The first-order valence-corrected chi connectivity index (χ1v) is 13.7. The van der Waals surface area contributed by atoms with E-state index in [9.17, 15) is 4.39 Å². The van der Waals surface area contributed by atoms with Gasteiger partial charge < -0.3 is 15.0 Å². The molecule has 0 radical (unpaired) electrons. The molecule has 0 amide bonds. The number of hydrogen-bond donors (Lipinski definition) is 1. The second kappa shape index (κ2) is 10.4. The number of anilines is 2. The molecule has 3 aromatic heterocycles. The molecular weight excluding hydrogens is 473 g/mol. The van der Waals surface area contributed by atoms with Crippen molar-refractivity contribution in [3.8, 4) is 22.8 Å². The van der Waals surface area contributed by atoms with Crippen LogP contribution in [0.1, 0.15) is 44.9 Å². The summed E-state index contributed by atoms with van der Waals surface area (Å²) in [6.45, 7) is 1.37. The van der Waals surface area contributed by atoms with Crippen LogP contribution < -0.4 is 15.0 Å². The highest BCUT2D eigenvalue weighted by atomic mass is 32.1. The van der Waals surface area contributed by atoms with E-state index in [1.807, 2.05) is 36.4 Å². The van der Waals surface area contributed by atoms with Crippen LogP contribution in [0.3, 0.4) is 0 Å². The van der Waals surface area contributed by atoms with Gasteiger partial charge in [-0.1, -0.05) is 30.6 Å². The Morgan fingerprint density at radius 1 is 0.889 bits per heavy atom. The molecule has 4 heterocycles. The van der Waals surface area contributed by atoms with Gasteiger partial charge in [0, 0.05) is 49.2 Å². The molecule has 1 saturated heterocycles. The molecule has 2 aliphatic rings. The first kappa shape index (κ1) is 23.2. The van der Waals surface area contributed by atoms with Crippen molar-refractivity contribution in [2.24, 2.45) is 0 Å². The van der Waals surface area contributed by atoms with E-state index in [2.05, 4.69) is 26.3 Å². The molecule has 0 unspecified atom stereocenters. The van der Waals surface area contributed by atoms with E-state index in [0.717, 1.165) is 43.9 Å². The Hall–Kier alpha value is -3.26. The second-order valence-electron chi connectivity index (χ2n) is 9.67. The third kappa shape index (κ3) is 5.28. The Morgan fingerprint density at radius 2 is 1.69 bits per heavy atom. The average Bonchev–Trinajstić information content (AvgIpc) is 3.31. The Kier molecular flexibility index (Phi) is 6.68. The number of halogens is 1. The van der Waals surface area contributed by atoms with E-state index in [0.29, 0.717) is 32.0 Å². The molecule has 8 heteroatoms. The molecule has 1 aliphatic carbocycles. The van der Waals surface area contributed by atoms with Crippen molar-refractivity contribution >= 4 is 32.5 Å². The minimum absolute atomic E-state index is 0.537. The highest BCUT2D eigenvalue weighted by Crippen LogP contribution is 2.34. The zero-order valence-electron chi connectivity index (χ0n) is 20.2. The number of thiazole rings is 1. The Labute approximate surface area is 214 Å². The van der Waals surface area contributed by atoms with E-state index in [1.165, 1.54) is 32.1 Å². The fourth-order valence-electron chi connectivity index (χ4n) is 5.05. The number of alkyl halides is 1. The quantitative estimate of drug-likeness (QED) is 0.299. The van der Waals surface area contributed by atoms with Gasteiger partial charge in [-0.2, -0.15) is 0 Å². The average molecular weight is 504 g/mol. The molecule has 1 aromatic carbocycles. The van der Waals surface area contributed by atoms with E-state index >= 15 is 0 Å². The van der Waals surface area contributed by atoms with E-state index in [-0.39, 0.29) is 0 Å². The fraction of sp³-hybridized carbons (Fsp3) is 0.393. The number of rotatable bonds is 6. The second-order valence-corrected chi connectivity index (χ2v) is 10.7. The Bertz CT molecular complexity index is 1330. The van der Waals surface area contributed by atoms with Gasteiger partial charge in [-0.15, -0.1) is 0 Å². The summed E-state index contributed by atoms with van der Waals surface area (Å²) < 4.78 is 20.9. The molecule has 2 fully saturated rings. The third-order valence-corrected chi connectivity index (χ3v) is 8.00. The van der Waals surface area contributed by atoms with E-state index in [1.54, 1.807) is 23.7 Å². The van der Waals surface area contributed by atoms with Crippen molar-refractivity contribution in [1.82, 2.24) is 15.0 Å². The fourth-order valence-corrected chi connectivity index (χ4v) is 6.02. The van der Waals surface area contributed by atoms with Crippen molar-refractivity contribution in [3.63, 3.8) is 0 Å². The summed E-state index contributed by atoms with van der Waals surface area (Å²) in [5.41, 5.74) is 2.76. The Morgan fingerprint density at radius 3 is 2.56 bits per heavy atom. The normalized spacial score (nSPS) is 17.4. The van der Waals surface area contributed by atoms with Gasteiger partial charge in [-0.05, 0) is 56.0 Å². The van der Waals surface area contributed by atoms with Gasteiger partial charge >= 0.3 is 0 Å². The number of piperidine rings is 1. The van der Waals surface area contributed by atoms with Gasteiger partial charge in [0.1, 0.15) is 23.5 Å². The minimum atomic E-state index is -0.705. The first-order valence-electron chi connectivity index (χ1n) is 12.9. The summed E-state index contributed by atoms with van der Waals surface area (Å²) in [6.07, 6.45) is 10.3. The predicted octanol–water partition coefficient (Wildman–Crippen LogP) is 7.23. The van der Waals surface area contributed by atoms with Crippen LogP contribution in [-0.2, 0) is 0 Å². The van der Waals surface area contributed by atoms with Crippen LogP contribution in [0.25, 0.3) is 21.5 Å². The van der Waals surface area contributed by atoms with Crippen molar-refractivity contribution in [3.05, 3.63) is 54.9 Å². The molecule has 1 saturated carbocycles. The smallest absolute Gasteiger partial charge is 0.184 e. The molecule has 0 bridgehead atoms. The number of pyridine rings is 2. The van der Waals surface area contributed by atoms with Gasteiger partial charge in [0.2, 0.25) is 0 Å². The predicted molar refractivity (Wildman–Crippen MR) is 144 cm³/mol. The molecular formula is C28H30FN5OS. The van der Waals surface area contributed by atoms with Crippen LogP contribution in [0.4, 0.5) is 15.3 Å². The van der Waals surface area contributed by atoms with Crippen LogP contribution in [0.15, 0.2) is 54.9 Å².